The second-order valence-corrected chi connectivity index (χ2v) is 6.96. The summed E-state index contributed by atoms with van der Waals surface area (Å²) in [5.74, 6) is 1.61. The summed E-state index contributed by atoms with van der Waals surface area (Å²) in [5.41, 5.74) is 2.64. The molecule has 2 amide bonds. The molecule has 1 aliphatic heterocycles. The molecule has 9 heteroatoms. The number of nitrogens with zero attached hydrogens (tertiary/aromatic N) is 4. The van der Waals surface area contributed by atoms with Crippen molar-refractivity contribution in [2.24, 2.45) is 0 Å². The van der Waals surface area contributed by atoms with Crippen LogP contribution in [0.1, 0.15) is 37.2 Å². The summed E-state index contributed by atoms with van der Waals surface area (Å²) in [5, 5.41) is 7.04. The first-order chi connectivity index (χ1) is 13.5. The second-order valence-electron chi connectivity index (χ2n) is 6.96. The molecule has 0 saturated carbocycles. The van der Waals surface area contributed by atoms with Gasteiger partial charge in [-0.2, -0.15) is 4.98 Å². The molecule has 0 saturated heterocycles. The third kappa shape index (κ3) is 3.42. The molecule has 2 aromatic heterocycles. The van der Waals surface area contributed by atoms with Gasteiger partial charge in [-0.15, -0.1) is 0 Å². The van der Waals surface area contributed by atoms with Gasteiger partial charge in [0.15, 0.2) is 0 Å². The number of hydrogen-bond acceptors (Lipinski definition) is 6. The van der Waals surface area contributed by atoms with Gasteiger partial charge in [0.1, 0.15) is 11.8 Å². The van der Waals surface area contributed by atoms with Crippen molar-refractivity contribution in [3.05, 3.63) is 47.9 Å². The summed E-state index contributed by atoms with van der Waals surface area (Å²) in [6.45, 7) is 4.25. The number of aromatic nitrogens is 4. The predicted molar refractivity (Wildman–Crippen MR) is 101 cm³/mol. The van der Waals surface area contributed by atoms with Gasteiger partial charge in [0.25, 0.3) is 0 Å². The maximum atomic E-state index is 12.7. The number of aromatic amines is 1. The Morgan fingerprint density at radius 2 is 2.14 bits per heavy atom. The van der Waals surface area contributed by atoms with Crippen molar-refractivity contribution in [2.45, 2.75) is 38.9 Å². The van der Waals surface area contributed by atoms with Gasteiger partial charge in [0.05, 0.1) is 31.4 Å². The lowest BCUT2D eigenvalue weighted by Gasteiger charge is -2.33. The fraction of sp³-hybridized carbons (Fsp3) is 0.368. The van der Waals surface area contributed by atoms with E-state index in [1.165, 1.54) is 0 Å². The maximum absolute atomic E-state index is 12.7. The summed E-state index contributed by atoms with van der Waals surface area (Å²) < 4.78 is 10.7. The maximum Gasteiger partial charge on any atom is 0.318 e. The highest BCUT2D eigenvalue weighted by Crippen LogP contribution is 2.32. The third-order valence-corrected chi connectivity index (χ3v) is 4.65. The highest BCUT2D eigenvalue weighted by molar-refractivity contribution is 5.75. The fourth-order valence-corrected chi connectivity index (χ4v) is 3.23. The zero-order valence-corrected chi connectivity index (χ0v) is 16.0. The normalized spacial score (nSPS) is 16.1. The number of hydrogen-bond donors (Lipinski definition) is 2. The molecule has 1 atom stereocenters. The zero-order chi connectivity index (χ0) is 19.7. The number of carbonyl (C=O) groups is 1. The molecular weight excluding hydrogens is 360 g/mol. The summed E-state index contributed by atoms with van der Waals surface area (Å²) >= 11 is 0. The van der Waals surface area contributed by atoms with Gasteiger partial charge in [0.2, 0.25) is 11.7 Å². The number of fused-ring (bicyclic) bond motifs is 1. The number of benzene rings is 1. The van der Waals surface area contributed by atoms with Crippen molar-refractivity contribution in [1.29, 1.82) is 0 Å². The van der Waals surface area contributed by atoms with Crippen LogP contribution in [0.25, 0.3) is 11.4 Å². The van der Waals surface area contributed by atoms with Gasteiger partial charge in [0, 0.05) is 18.0 Å². The monoisotopic (exact) mass is 382 g/mol. The van der Waals surface area contributed by atoms with Gasteiger partial charge in [-0.1, -0.05) is 5.16 Å². The van der Waals surface area contributed by atoms with Crippen LogP contribution in [0.5, 0.6) is 5.75 Å². The number of methoxy groups -OCH3 is 1. The molecule has 3 heterocycles. The van der Waals surface area contributed by atoms with Crippen LogP contribution < -0.4 is 10.1 Å². The number of imidazole rings is 1. The van der Waals surface area contributed by atoms with Crippen LogP contribution in [0.2, 0.25) is 0 Å². The Bertz CT molecular complexity index is 962. The molecule has 9 nitrogen and oxygen atoms in total. The molecule has 0 aliphatic carbocycles. The number of carbonyl (C=O) groups excluding carboxylic acids is 1. The van der Waals surface area contributed by atoms with Crippen molar-refractivity contribution in [2.75, 3.05) is 7.11 Å². The lowest BCUT2D eigenvalue weighted by Crippen LogP contribution is -2.46. The van der Waals surface area contributed by atoms with Crippen molar-refractivity contribution >= 4 is 6.03 Å². The largest absolute Gasteiger partial charge is 0.497 e. The number of nitrogens with one attached hydrogen (secondary N) is 2. The Morgan fingerprint density at radius 1 is 1.36 bits per heavy atom. The second kappa shape index (κ2) is 7.34. The van der Waals surface area contributed by atoms with E-state index in [0.717, 1.165) is 22.7 Å². The molecular formula is C19H22N6O3. The molecule has 28 heavy (non-hydrogen) atoms. The summed E-state index contributed by atoms with van der Waals surface area (Å²) in [6, 6.07) is 6.87. The molecule has 146 valence electrons. The van der Waals surface area contributed by atoms with Crippen LogP contribution in [-0.2, 0) is 13.0 Å². The average Bonchev–Trinajstić information content (AvgIpc) is 3.35. The van der Waals surface area contributed by atoms with Crippen LogP contribution in [0.15, 0.2) is 35.1 Å². The van der Waals surface area contributed by atoms with Gasteiger partial charge in [-0.25, -0.2) is 9.78 Å². The van der Waals surface area contributed by atoms with Crippen molar-refractivity contribution < 1.29 is 14.1 Å². The van der Waals surface area contributed by atoms with Crippen LogP contribution in [0.4, 0.5) is 4.79 Å². The van der Waals surface area contributed by atoms with E-state index in [-0.39, 0.29) is 18.1 Å². The molecule has 0 fully saturated rings. The quantitative estimate of drug-likeness (QED) is 0.718. The minimum Gasteiger partial charge on any atom is -0.497 e. The molecule has 1 aromatic carbocycles. The van der Waals surface area contributed by atoms with Gasteiger partial charge in [-0.3, -0.25) is 0 Å². The number of urea groups is 1. The minimum atomic E-state index is -0.381. The first kappa shape index (κ1) is 18.0. The van der Waals surface area contributed by atoms with E-state index < -0.39 is 0 Å². The first-order valence-electron chi connectivity index (χ1n) is 9.11. The molecule has 0 radical (unpaired) electrons. The molecule has 2 N–H and O–H groups in total. The number of H-pyrrole nitrogens is 1. The van der Waals surface area contributed by atoms with E-state index in [1.807, 2.05) is 38.1 Å². The molecule has 0 unspecified atom stereocenters. The van der Waals surface area contributed by atoms with E-state index >= 15 is 0 Å². The molecule has 0 spiro atoms. The van der Waals surface area contributed by atoms with Crippen molar-refractivity contribution in [1.82, 2.24) is 30.3 Å². The highest BCUT2D eigenvalue weighted by atomic mass is 16.5. The van der Waals surface area contributed by atoms with Gasteiger partial charge in [-0.05, 0) is 38.1 Å². The Hall–Kier alpha value is -3.36. The predicted octanol–water partition coefficient (Wildman–Crippen LogP) is 2.69. The Kier molecular flexibility index (Phi) is 4.72. The molecule has 0 bridgehead atoms. The Morgan fingerprint density at radius 3 is 2.86 bits per heavy atom. The van der Waals surface area contributed by atoms with Gasteiger partial charge >= 0.3 is 6.03 Å². The molecule has 3 aromatic rings. The molecule has 4 rings (SSSR count). The van der Waals surface area contributed by atoms with Crippen LogP contribution in [-0.4, -0.2) is 44.2 Å². The zero-order valence-electron chi connectivity index (χ0n) is 16.0. The van der Waals surface area contributed by atoms with Crippen molar-refractivity contribution in [3.63, 3.8) is 0 Å². The topological polar surface area (TPSA) is 109 Å². The Balaban J connectivity index is 1.63. The van der Waals surface area contributed by atoms with E-state index in [1.54, 1.807) is 18.3 Å². The summed E-state index contributed by atoms with van der Waals surface area (Å²) in [6.07, 6.45) is 2.15. The van der Waals surface area contributed by atoms with E-state index in [4.69, 9.17) is 9.26 Å². The average molecular weight is 382 g/mol. The SMILES string of the molecule is COc1ccc(-c2noc([C@@H]3Cc4nc[nH]c4CN3C(=O)NC(C)C)n2)cc1. The van der Waals surface area contributed by atoms with Crippen molar-refractivity contribution in [3.8, 4) is 17.1 Å². The highest BCUT2D eigenvalue weighted by Gasteiger charge is 2.36. The smallest absolute Gasteiger partial charge is 0.318 e. The van der Waals surface area contributed by atoms with E-state index in [2.05, 4.69) is 25.4 Å². The van der Waals surface area contributed by atoms with E-state index in [0.29, 0.717) is 24.7 Å². The van der Waals surface area contributed by atoms with Crippen LogP contribution >= 0.6 is 0 Å². The summed E-state index contributed by atoms with van der Waals surface area (Å²) in [4.78, 5) is 26.5. The minimum absolute atomic E-state index is 0.0221. The Labute approximate surface area is 162 Å². The van der Waals surface area contributed by atoms with Gasteiger partial charge < -0.3 is 24.5 Å². The molecule has 1 aliphatic rings. The third-order valence-electron chi connectivity index (χ3n) is 4.65. The standard InChI is InChI=1S/C19H22N6O3/c1-11(2)22-19(26)25-9-15-14(20-10-21-15)8-16(25)18-23-17(24-28-18)12-4-6-13(27-3)7-5-12/h4-7,10-11,16H,8-9H2,1-3H3,(H,20,21)(H,22,26)/t16-/m0/s1. The number of rotatable bonds is 4. The lowest BCUT2D eigenvalue weighted by atomic mass is 10.0. The fourth-order valence-electron chi connectivity index (χ4n) is 3.23. The summed E-state index contributed by atoms with van der Waals surface area (Å²) in [7, 11) is 1.62. The first-order valence-corrected chi connectivity index (χ1v) is 9.11. The van der Waals surface area contributed by atoms with E-state index in [9.17, 15) is 4.79 Å². The number of amides is 2. The van der Waals surface area contributed by atoms with Crippen LogP contribution in [0.3, 0.4) is 0 Å². The lowest BCUT2D eigenvalue weighted by molar-refractivity contribution is 0.142. The van der Waals surface area contributed by atoms with Crippen LogP contribution in [0, 0.1) is 0 Å². The number of ether oxygens (including phenoxy) is 1.